The smallest absolute Gasteiger partial charge is 0.332 e. The van der Waals surface area contributed by atoms with E-state index in [1.165, 1.54) is 9.13 Å². The Balaban J connectivity index is 1.86. The van der Waals surface area contributed by atoms with E-state index in [1.807, 2.05) is 24.5 Å². The molecular weight excluding hydrogens is 408 g/mol. The van der Waals surface area contributed by atoms with Crippen molar-refractivity contribution in [3.8, 4) is 0 Å². The topological polar surface area (TPSA) is 86.7 Å². The molecule has 1 aliphatic rings. The second kappa shape index (κ2) is 8.08. The molecule has 0 N–H and O–H groups in total. The number of nitrogens with zero attached hydrogens (tertiary/aromatic N) is 6. The van der Waals surface area contributed by atoms with Gasteiger partial charge in [0, 0.05) is 18.7 Å². The van der Waals surface area contributed by atoms with Crippen LogP contribution in [0.15, 0.2) is 39.0 Å². The predicted octanol–water partition coefficient (Wildman–Crippen LogP) is 1.83. The first-order valence-electron chi connectivity index (χ1n) is 9.74. The number of anilines is 1. The van der Waals surface area contributed by atoms with E-state index >= 15 is 0 Å². The maximum absolute atomic E-state index is 13.4. The molecule has 2 aromatic heterocycles. The molecule has 1 aliphatic heterocycles. The van der Waals surface area contributed by atoms with Crippen molar-refractivity contribution in [2.24, 2.45) is 12.1 Å². The number of aromatic nitrogens is 4. The summed E-state index contributed by atoms with van der Waals surface area (Å²) in [4.78, 5) is 30.9. The third-order valence-corrected chi connectivity index (χ3v) is 5.24. The minimum Gasteiger partial charge on any atom is -0.380 e. The zero-order chi connectivity index (χ0) is 21.4. The molecule has 30 heavy (non-hydrogen) atoms. The summed E-state index contributed by atoms with van der Waals surface area (Å²) in [7, 11) is 1.62. The lowest BCUT2D eigenvalue weighted by molar-refractivity contribution is 0.153. The Morgan fingerprint density at radius 3 is 2.80 bits per heavy atom. The number of halogens is 1. The van der Waals surface area contributed by atoms with E-state index in [2.05, 4.69) is 10.1 Å². The van der Waals surface area contributed by atoms with Crippen LogP contribution in [0.1, 0.15) is 19.4 Å². The zero-order valence-corrected chi connectivity index (χ0v) is 17.9. The van der Waals surface area contributed by atoms with E-state index in [0.717, 1.165) is 11.3 Å². The highest BCUT2D eigenvalue weighted by molar-refractivity contribution is 6.30. The molecule has 0 radical (unpaired) electrons. The summed E-state index contributed by atoms with van der Waals surface area (Å²) in [6.45, 7) is 5.97. The van der Waals surface area contributed by atoms with E-state index in [0.29, 0.717) is 48.4 Å². The fourth-order valence-electron chi connectivity index (χ4n) is 3.62. The molecule has 0 amide bonds. The van der Waals surface area contributed by atoms with Gasteiger partial charge in [-0.05, 0) is 31.5 Å². The highest BCUT2D eigenvalue weighted by atomic mass is 35.5. The molecule has 0 bridgehead atoms. The third-order valence-electron chi connectivity index (χ3n) is 5.00. The Bertz CT molecular complexity index is 1260. The first-order valence-corrected chi connectivity index (χ1v) is 10.1. The molecule has 0 fully saturated rings. The largest absolute Gasteiger partial charge is 0.380 e. The quantitative estimate of drug-likeness (QED) is 0.557. The van der Waals surface area contributed by atoms with Crippen molar-refractivity contribution in [1.29, 1.82) is 0 Å². The minimum absolute atomic E-state index is 0.129. The standard InChI is InChI=1S/C20H23ClN6O3/c1-4-30-9-8-27-19-22-17-16(25(19)11-13(2)23-27)18(28)26(20(29)24(17)3)12-14-6-5-7-15(21)10-14/h5-7,10H,4,8-9,11-12H2,1-3H3. The number of hydrogen-bond donors (Lipinski definition) is 0. The van der Waals surface area contributed by atoms with Gasteiger partial charge in [-0.1, -0.05) is 23.7 Å². The molecule has 0 spiro atoms. The Hall–Kier alpha value is -2.91. The monoisotopic (exact) mass is 430 g/mol. The normalized spacial score (nSPS) is 13.6. The fraction of sp³-hybridized carbons (Fsp3) is 0.400. The lowest BCUT2D eigenvalue weighted by atomic mass is 10.2. The van der Waals surface area contributed by atoms with Crippen LogP contribution in [0.4, 0.5) is 5.95 Å². The molecule has 0 saturated carbocycles. The van der Waals surface area contributed by atoms with Crippen molar-refractivity contribution in [3.63, 3.8) is 0 Å². The van der Waals surface area contributed by atoms with Crippen LogP contribution in [0, 0.1) is 0 Å². The molecule has 0 aliphatic carbocycles. The van der Waals surface area contributed by atoms with Crippen LogP contribution in [0.25, 0.3) is 11.2 Å². The summed E-state index contributed by atoms with van der Waals surface area (Å²) < 4.78 is 9.88. The van der Waals surface area contributed by atoms with Crippen molar-refractivity contribution < 1.29 is 4.74 Å². The van der Waals surface area contributed by atoms with Gasteiger partial charge in [-0.25, -0.2) is 9.80 Å². The molecular formula is C20H23ClN6O3. The molecule has 3 heterocycles. The van der Waals surface area contributed by atoms with Crippen molar-refractivity contribution in [3.05, 3.63) is 55.7 Å². The van der Waals surface area contributed by atoms with Crippen LogP contribution in [0.3, 0.4) is 0 Å². The molecule has 0 saturated heterocycles. The zero-order valence-electron chi connectivity index (χ0n) is 17.1. The fourth-order valence-corrected chi connectivity index (χ4v) is 3.83. The number of benzene rings is 1. The summed E-state index contributed by atoms with van der Waals surface area (Å²) in [5, 5.41) is 6.82. The highest BCUT2D eigenvalue weighted by Gasteiger charge is 2.26. The number of imidazole rings is 1. The van der Waals surface area contributed by atoms with E-state index in [4.69, 9.17) is 16.3 Å². The van der Waals surface area contributed by atoms with E-state index in [9.17, 15) is 9.59 Å². The second-order valence-electron chi connectivity index (χ2n) is 7.19. The average molecular weight is 431 g/mol. The van der Waals surface area contributed by atoms with Gasteiger partial charge in [0.1, 0.15) is 0 Å². The van der Waals surface area contributed by atoms with Gasteiger partial charge in [0.05, 0.1) is 32.0 Å². The summed E-state index contributed by atoms with van der Waals surface area (Å²) in [5.41, 5.74) is 1.52. The molecule has 3 aromatic rings. The Labute approximate surface area is 177 Å². The van der Waals surface area contributed by atoms with Gasteiger partial charge in [0.25, 0.3) is 5.56 Å². The third kappa shape index (κ3) is 3.54. The molecule has 4 rings (SSSR count). The van der Waals surface area contributed by atoms with E-state index < -0.39 is 5.69 Å². The van der Waals surface area contributed by atoms with Crippen molar-refractivity contribution in [1.82, 2.24) is 18.7 Å². The maximum atomic E-state index is 13.4. The summed E-state index contributed by atoms with van der Waals surface area (Å²) in [6, 6.07) is 7.12. The number of ether oxygens (including phenoxy) is 1. The highest BCUT2D eigenvalue weighted by Crippen LogP contribution is 2.23. The number of fused-ring (bicyclic) bond motifs is 3. The number of hydrazone groups is 1. The minimum atomic E-state index is -0.429. The molecule has 9 nitrogen and oxygen atoms in total. The van der Waals surface area contributed by atoms with Crippen molar-refractivity contribution in [2.75, 3.05) is 24.8 Å². The molecule has 0 atom stereocenters. The van der Waals surface area contributed by atoms with Crippen LogP contribution in [0.5, 0.6) is 0 Å². The average Bonchev–Trinajstić information content (AvgIpc) is 3.09. The lowest BCUT2D eigenvalue weighted by Crippen LogP contribution is -2.40. The van der Waals surface area contributed by atoms with E-state index in [1.54, 1.807) is 30.3 Å². The Morgan fingerprint density at radius 1 is 1.27 bits per heavy atom. The Morgan fingerprint density at radius 2 is 2.07 bits per heavy atom. The summed E-state index contributed by atoms with van der Waals surface area (Å²) >= 11 is 6.06. The molecule has 158 valence electrons. The molecule has 10 heteroatoms. The molecule has 0 unspecified atom stereocenters. The van der Waals surface area contributed by atoms with Crippen LogP contribution in [-0.4, -0.2) is 44.2 Å². The van der Waals surface area contributed by atoms with Gasteiger partial charge in [0.2, 0.25) is 5.95 Å². The first kappa shape index (κ1) is 20.4. The van der Waals surface area contributed by atoms with Crippen LogP contribution >= 0.6 is 11.6 Å². The van der Waals surface area contributed by atoms with Gasteiger partial charge in [-0.15, -0.1) is 0 Å². The van der Waals surface area contributed by atoms with Gasteiger partial charge in [-0.2, -0.15) is 10.1 Å². The van der Waals surface area contributed by atoms with Gasteiger partial charge in [0.15, 0.2) is 11.2 Å². The SMILES string of the molecule is CCOCCN1N=C(C)Cn2c1nc1c2c(=O)n(Cc2cccc(Cl)c2)c(=O)n1C. The van der Waals surface area contributed by atoms with Crippen molar-refractivity contribution >= 4 is 34.4 Å². The maximum Gasteiger partial charge on any atom is 0.332 e. The molecule has 1 aromatic carbocycles. The summed E-state index contributed by atoms with van der Waals surface area (Å²) in [6.07, 6.45) is 0. The second-order valence-corrected chi connectivity index (χ2v) is 7.62. The van der Waals surface area contributed by atoms with Crippen LogP contribution < -0.4 is 16.3 Å². The summed E-state index contributed by atoms with van der Waals surface area (Å²) in [5.74, 6) is 0.530. The van der Waals surface area contributed by atoms with Gasteiger partial charge >= 0.3 is 5.69 Å². The number of aryl methyl sites for hydroxylation is 1. The van der Waals surface area contributed by atoms with Crippen molar-refractivity contribution in [2.45, 2.75) is 26.9 Å². The van der Waals surface area contributed by atoms with E-state index in [-0.39, 0.29) is 12.1 Å². The predicted molar refractivity (Wildman–Crippen MR) is 117 cm³/mol. The van der Waals surface area contributed by atoms with Gasteiger partial charge in [-0.3, -0.25) is 18.5 Å². The lowest BCUT2D eigenvalue weighted by Gasteiger charge is -2.24. The number of hydrogen-bond acceptors (Lipinski definition) is 6. The van der Waals surface area contributed by atoms with Gasteiger partial charge < -0.3 is 4.74 Å². The van der Waals surface area contributed by atoms with Crippen LogP contribution in [-0.2, 0) is 24.9 Å². The first-order chi connectivity index (χ1) is 14.4. The Kier molecular flexibility index (Phi) is 5.48. The number of rotatable bonds is 6. The van der Waals surface area contributed by atoms with Crippen LogP contribution in [0.2, 0.25) is 5.02 Å².